The van der Waals surface area contributed by atoms with Crippen LogP contribution in [0.25, 0.3) is 0 Å². The van der Waals surface area contributed by atoms with Gasteiger partial charge in [0.2, 0.25) is 0 Å². The molecule has 0 aromatic heterocycles. The highest BCUT2D eigenvalue weighted by Crippen LogP contribution is 2.40. The molecule has 0 amide bonds. The van der Waals surface area contributed by atoms with Crippen LogP contribution in [-0.4, -0.2) is 12.4 Å². The Morgan fingerprint density at radius 1 is 1.33 bits per heavy atom. The average Bonchev–Trinajstić information content (AvgIpc) is 2.17. The lowest BCUT2D eigenvalue weighted by atomic mass is 10.1. The Morgan fingerprint density at radius 2 is 1.89 bits per heavy atom. The predicted molar refractivity (Wildman–Crippen MR) is 60.8 cm³/mol. The number of carbonyl (C=O) groups excluding carboxylic acids is 1. The molecule has 0 saturated heterocycles. The maximum absolute atomic E-state index is 12.7. The molecule has 0 radical (unpaired) electrons. The summed E-state index contributed by atoms with van der Waals surface area (Å²) in [5.41, 5.74) is -1.60. The monoisotopic (exact) mass is 380 g/mol. The van der Waals surface area contributed by atoms with Crippen LogP contribution in [0.3, 0.4) is 0 Å². The van der Waals surface area contributed by atoms with Gasteiger partial charge in [-0.25, -0.2) is 0 Å². The Balaban J connectivity index is 3.45. The zero-order valence-corrected chi connectivity index (χ0v) is 11.0. The van der Waals surface area contributed by atoms with Crippen LogP contribution in [0.4, 0.5) is 22.0 Å². The fourth-order valence-corrected chi connectivity index (χ4v) is 1.97. The zero-order valence-electron chi connectivity index (χ0n) is 8.82. The first-order chi connectivity index (χ1) is 8.12. The number of hydrogen-bond donors (Lipinski definition) is 0. The molecule has 100 valence electrons. The van der Waals surface area contributed by atoms with E-state index >= 15 is 0 Å². The first-order valence-corrected chi connectivity index (χ1v) is 5.57. The van der Waals surface area contributed by atoms with Gasteiger partial charge in [0.1, 0.15) is 0 Å². The minimum Gasteiger partial charge on any atom is -0.433 e. The Bertz CT molecular complexity index is 470. The Labute approximate surface area is 112 Å². The van der Waals surface area contributed by atoms with Gasteiger partial charge in [0.05, 0.1) is 9.13 Å². The van der Waals surface area contributed by atoms with E-state index in [9.17, 15) is 26.7 Å². The lowest BCUT2D eigenvalue weighted by Crippen LogP contribution is -2.14. The fourth-order valence-electron chi connectivity index (χ4n) is 1.22. The number of alkyl halides is 5. The van der Waals surface area contributed by atoms with Crippen molar-refractivity contribution in [3.05, 3.63) is 26.8 Å². The van der Waals surface area contributed by atoms with Crippen molar-refractivity contribution in [1.29, 1.82) is 0 Å². The Kier molecular flexibility index (Phi) is 4.51. The van der Waals surface area contributed by atoms with Gasteiger partial charge >= 0.3 is 12.8 Å². The van der Waals surface area contributed by atoms with Gasteiger partial charge in [-0.1, -0.05) is 0 Å². The predicted octanol–water partition coefficient (Wildman–Crippen LogP) is 4.11. The number of hydrogen-bond acceptors (Lipinski definition) is 2. The summed E-state index contributed by atoms with van der Waals surface area (Å²) < 4.78 is 65.8. The van der Waals surface area contributed by atoms with Crippen LogP contribution in [0.15, 0.2) is 12.1 Å². The molecule has 0 aliphatic heterocycles. The highest BCUT2D eigenvalue weighted by atomic mass is 127. The quantitative estimate of drug-likeness (QED) is 0.448. The third kappa shape index (κ3) is 3.53. The third-order valence-electron chi connectivity index (χ3n) is 1.96. The second kappa shape index (κ2) is 5.37. The maximum atomic E-state index is 12.7. The molecule has 0 aliphatic carbocycles. The SMILES string of the molecule is CC(=O)c1cc(I)c(OC(F)F)c(C(F)(F)F)c1. The number of ketones is 1. The van der Waals surface area contributed by atoms with Gasteiger partial charge in [0.25, 0.3) is 0 Å². The van der Waals surface area contributed by atoms with Crippen molar-refractivity contribution < 1.29 is 31.5 Å². The number of benzene rings is 1. The van der Waals surface area contributed by atoms with E-state index in [0.29, 0.717) is 6.07 Å². The van der Waals surface area contributed by atoms with E-state index < -0.39 is 29.9 Å². The molecule has 0 saturated carbocycles. The summed E-state index contributed by atoms with van der Waals surface area (Å²) in [4.78, 5) is 11.1. The van der Waals surface area contributed by atoms with Gasteiger partial charge in [-0.15, -0.1) is 0 Å². The van der Waals surface area contributed by atoms with E-state index in [4.69, 9.17) is 0 Å². The summed E-state index contributed by atoms with van der Waals surface area (Å²) in [5.74, 6) is -1.56. The maximum Gasteiger partial charge on any atom is 0.420 e. The van der Waals surface area contributed by atoms with E-state index in [1.807, 2.05) is 0 Å². The number of rotatable bonds is 3. The van der Waals surface area contributed by atoms with Crippen molar-refractivity contribution in [3.8, 4) is 5.75 Å². The molecule has 0 heterocycles. The second-order valence-electron chi connectivity index (χ2n) is 3.27. The molecule has 0 spiro atoms. The van der Waals surface area contributed by atoms with Gasteiger partial charge in [-0.05, 0) is 41.6 Å². The van der Waals surface area contributed by atoms with E-state index in [1.54, 1.807) is 0 Å². The standard InChI is InChI=1S/C10H6F5IO2/c1-4(17)5-2-6(10(13,14)15)8(7(16)3-5)18-9(11)12/h2-3,9H,1H3. The molecule has 18 heavy (non-hydrogen) atoms. The number of ether oxygens (including phenoxy) is 1. The van der Waals surface area contributed by atoms with Crippen molar-refractivity contribution in [2.45, 2.75) is 19.7 Å². The third-order valence-corrected chi connectivity index (χ3v) is 2.76. The molecule has 0 atom stereocenters. The van der Waals surface area contributed by atoms with Gasteiger partial charge in [-0.2, -0.15) is 22.0 Å². The Morgan fingerprint density at radius 3 is 2.28 bits per heavy atom. The fraction of sp³-hybridized carbons (Fsp3) is 0.300. The largest absolute Gasteiger partial charge is 0.433 e. The summed E-state index contributed by atoms with van der Waals surface area (Å²) in [5, 5.41) is 0. The molecule has 1 aromatic carbocycles. The van der Waals surface area contributed by atoms with E-state index in [1.165, 1.54) is 22.6 Å². The normalized spacial score (nSPS) is 11.8. The van der Waals surface area contributed by atoms with Gasteiger partial charge in [-0.3, -0.25) is 4.79 Å². The molecular weight excluding hydrogens is 374 g/mol. The van der Waals surface area contributed by atoms with Crippen LogP contribution in [0.5, 0.6) is 5.75 Å². The minimum atomic E-state index is -4.88. The van der Waals surface area contributed by atoms with Gasteiger partial charge < -0.3 is 4.74 Å². The summed E-state index contributed by atoms with van der Waals surface area (Å²) >= 11 is 1.41. The van der Waals surface area contributed by atoms with Crippen LogP contribution in [0.2, 0.25) is 0 Å². The Hall–Kier alpha value is -0.930. The van der Waals surface area contributed by atoms with Crippen LogP contribution in [-0.2, 0) is 6.18 Å². The lowest BCUT2D eigenvalue weighted by Gasteiger charge is -2.16. The molecule has 0 N–H and O–H groups in total. The van der Waals surface area contributed by atoms with Crippen LogP contribution < -0.4 is 4.74 Å². The van der Waals surface area contributed by atoms with E-state index in [-0.39, 0.29) is 9.13 Å². The van der Waals surface area contributed by atoms with E-state index in [0.717, 1.165) is 13.0 Å². The van der Waals surface area contributed by atoms with Crippen molar-refractivity contribution in [1.82, 2.24) is 0 Å². The second-order valence-corrected chi connectivity index (χ2v) is 4.43. The summed E-state index contributed by atoms with van der Waals surface area (Å²) in [6.07, 6.45) is -4.88. The van der Waals surface area contributed by atoms with E-state index in [2.05, 4.69) is 4.74 Å². The molecule has 1 aromatic rings. The summed E-state index contributed by atoms with van der Waals surface area (Å²) in [6.45, 7) is -2.29. The minimum absolute atomic E-state index is 0.201. The number of halogens is 6. The lowest BCUT2D eigenvalue weighted by molar-refractivity contribution is -0.142. The molecular formula is C10H6F5IO2. The number of Topliss-reactive ketones (excluding diaryl/α,β-unsaturated/α-hetero) is 1. The topological polar surface area (TPSA) is 26.3 Å². The van der Waals surface area contributed by atoms with Crippen LogP contribution in [0, 0.1) is 3.57 Å². The van der Waals surface area contributed by atoms with Gasteiger partial charge in [0, 0.05) is 5.56 Å². The van der Waals surface area contributed by atoms with Crippen LogP contribution in [0.1, 0.15) is 22.8 Å². The molecule has 0 aliphatic rings. The molecule has 0 fully saturated rings. The first-order valence-electron chi connectivity index (χ1n) is 4.49. The smallest absolute Gasteiger partial charge is 0.420 e. The van der Waals surface area contributed by atoms with Crippen LogP contribution >= 0.6 is 22.6 Å². The highest BCUT2D eigenvalue weighted by Gasteiger charge is 2.37. The zero-order chi connectivity index (χ0) is 14.1. The summed E-state index contributed by atoms with van der Waals surface area (Å²) in [6, 6.07) is 1.57. The molecule has 0 unspecified atom stereocenters. The van der Waals surface area contributed by atoms with Crippen molar-refractivity contribution in [2.24, 2.45) is 0 Å². The molecule has 1 rings (SSSR count). The molecule has 8 heteroatoms. The van der Waals surface area contributed by atoms with Crippen molar-refractivity contribution in [2.75, 3.05) is 0 Å². The van der Waals surface area contributed by atoms with Crippen molar-refractivity contribution >= 4 is 28.4 Å². The average molecular weight is 380 g/mol. The van der Waals surface area contributed by atoms with Gasteiger partial charge in [0.15, 0.2) is 11.5 Å². The van der Waals surface area contributed by atoms with Crippen molar-refractivity contribution in [3.63, 3.8) is 0 Å². The first kappa shape index (κ1) is 15.1. The highest BCUT2D eigenvalue weighted by molar-refractivity contribution is 14.1. The number of carbonyl (C=O) groups is 1. The molecule has 0 bridgehead atoms. The molecule has 2 nitrogen and oxygen atoms in total. The summed E-state index contributed by atoms with van der Waals surface area (Å²) in [7, 11) is 0.